The quantitative estimate of drug-likeness (QED) is 0.779. The molecule has 0 unspecified atom stereocenters. The normalized spacial score (nSPS) is 10.2. The smallest absolute Gasteiger partial charge is 0.246 e. The zero-order chi connectivity index (χ0) is 18.2. The number of nitrogens with zero attached hydrogens (tertiary/aromatic N) is 2. The summed E-state index contributed by atoms with van der Waals surface area (Å²) in [6.07, 6.45) is 0.631. The van der Waals surface area contributed by atoms with Gasteiger partial charge in [-0.3, -0.25) is 9.59 Å². The molecule has 0 aliphatic heterocycles. The van der Waals surface area contributed by atoms with E-state index in [1.165, 1.54) is 6.92 Å². The Morgan fingerprint density at radius 3 is 2.28 bits per heavy atom. The number of rotatable bonds is 7. The lowest BCUT2D eigenvalue weighted by atomic mass is 10.1. The molecule has 5 heteroatoms. The summed E-state index contributed by atoms with van der Waals surface area (Å²) in [6, 6.07) is 17.1. The van der Waals surface area contributed by atoms with Crippen molar-refractivity contribution < 1.29 is 14.3 Å². The lowest BCUT2D eigenvalue weighted by molar-refractivity contribution is -0.133. The van der Waals surface area contributed by atoms with Crippen LogP contribution in [0, 0.1) is 0 Å². The molecule has 0 saturated heterocycles. The lowest BCUT2D eigenvalue weighted by Crippen LogP contribution is -2.41. The minimum Gasteiger partial charge on any atom is -0.496 e. The first-order valence-electron chi connectivity index (χ1n) is 8.22. The first kappa shape index (κ1) is 18.5. The van der Waals surface area contributed by atoms with Crippen LogP contribution in [0.2, 0.25) is 0 Å². The number of anilines is 1. The van der Waals surface area contributed by atoms with Gasteiger partial charge in [0.05, 0.1) is 7.11 Å². The van der Waals surface area contributed by atoms with E-state index >= 15 is 0 Å². The minimum absolute atomic E-state index is 0.0515. The standard InChI is InChI=1S/C20H24N2O3/c1-16(23)22(14-13-17-9-7-8-12-19(17)25-3)15-20(24)21(2)18-10-5-4-6-11-18/h4-12H,13-15H2,1-3H3. The van der Waals surface area contributed by atoms with E-state index in [0.717, 1.165) is 17.0 Å². The van der Waals surface area contributed by atoms with Crippen molar-refractivity contribution in [2.45, 2.75) is 13.3 Å². The number of carbonyl (C=O) groups excluding carboxylic acids is 2. The summed E-state index contributed by atoms with van der Waals surface area (Å²) in [6.45, 7) is 2.00. The molecule has 5 nitrogen and oxygen atoms in total. The second kappa shape index (κ2) is 8.87. The highest BCUT2D eigenvalue weighted by Crippen LogP contribution is 2.18. The molecular formula is C20H24N2O3. The van der Waals surface area contributed by atoms with E-state index in [9.17, 15) is 9.59 Å². The van der Waals surface area contributed by atoms with Gasteiger partial charge >= 0.3 is 0 Å². The number of carbonyl (C=O) groups is 2. The van der Waals surface area contributed by atoms with Gasteiger partial charge < -0.3 is 14.5 Å². The molecule has 0 atom stereocenters. The molecule has 0 bridgehead atoms. The maximum Gasteiger partial charge on any atom is 0.246 e. The van der Waals surface area contributed by atoms with Crippen LogP contribution in [0.25, 0.3) is 0 Å². The summed E-state index contributed by atoms with van der Waals surface area (Å²) < 4.78 is 5.34. The van der Waals surface area contributed by atoms with E-state index in [2.05, 4.69) is 0 Å². The number of amides is 2. The van der Waals surface area contributed by atoms with Crippen LogP contribution in [0.5, 0.6) is 5.75 Å². The summed E-state index contributed by atoms with van der Waals surface area (Å²) in [5.41, 5.74) is 1.82. The Bertz CT molecular complexity index is 716. The van der Waals surface area contributed by atoms with Crippen molar-refractivity contribution in [1.29, 1.82) is 0 Å². The third kappa shape index (κ3) is 5.08. The Kier molecular flexibility index (Phi) is 6.57. The zero-order valence-electron chi connectivity index (χ0n) is 14.9. The van der Waals surface area contributed by atoms with Gasteiger partial charge in [-0.15, -0.1) is 0 Å². The summed E-state index contributed by atoms with van der Waals surface area (Å²) in [5.74, 6) is 0.546. The van der Waals surface area contributed by atoms with Crippen molar-refractivity contribution in [2.75, 3.05) is 32.1 Å². The van der Waals surface area contributed by atoms with Crippen LogP contribution in [-0.2, 0) is 16.0 Å². The molecule has 2 aromatic rings. The van der Waals surface area contributed by atoms with Crippen LogP contribution >= 0.6 is 0 Å². The Hall–Kier alpha value is -2.82. The van der Waals surface area contributed by atoms with Crippen LogP contribution < -0.4 is 9.64 Å². The average molecular weight is 340 g/mol. The van der Waals surface area contributed by atoms with Gasteiger partial charge in [-0.05, 0) is 30.2 Å². The van der Waals surface area contributed by atoms with Crippen molar-refractivity contribution in [1.82, 2.24) is 4.90 Å². The summed E-state index contributed by atoms with van der Waals surface area (Å²) in [4.78, 5) is 27.6. The van der Waals surface area contributed by atoms with E-state index < -0.39 is 0 Å². The molecule has 0 N–H and O–H groups in total. The molecule has 132 valence electrons. The SMILES string of the molecule is COc1ccccc1CCN(CC(=O)N(C)c1ccccc1)C(C)=O. The molecule has 0 spiro atoms. The van der Waals surface area contributed by atoms with Crippen molar-refractivity contribution >= 4 is 17.5 Å². The van der Waals surface area contributed by atoms with Crippen LogP contribution in [0.1, 0.15) is 12.5 Å². The molecule has 0 aromatic heterocycles. The monoisotopic (exact) mass is 340 g/mol. The van der Waals surface area contributed by atoms with Gasteiger partial charge in [-0.2, -0.15) is 0 Å². The molecule has 2 amide bonds. The predicted molar refractivity (Wildman–Crippen MR) is 98.8 cm³/mol. The summed E-state index contributed by atoms with van der Waals surface area (Å²) in [7, 11) is 3.34. The van der Waals surface area contributed by atoms with Crippen molar-refractivity contribution in [3.8, 4) is 5.75 Å². The third-order valence-corrected chi connectivity index (χ3v) is 4.13. The summed E-state index contributed by atoms with van der Waals surface area (Å²) >= 11 is 0. The number of para-hydroxylation sites is 2. The first-order valence-corrected chi connectivity index (χ1v) is 8.22. The highest BCUT2D eigenvalue weighted by Gasteiger charge is 2.18. The molecular weight excluding hydrogens is 316 g/mol. The summed E-state index contributed by atoms with van der Waals surface area (Å²) in [5, 5.41) is 0. The Morgan fingerprint density at radius 2 is 1.64 bits per heavy atom. The van der Waals surface area contributed by atoms with Gasteiger partial charge in [0, 0.05) is 26.2 Å². The molecule has 0 radical (unpaired) electrons. The maximum absolute atomic E-state index is 12.5. The van der Waals surface area contributed by atoms with E-state index in [1.54, 1.807) is 24.0 Å². The van der Waals surface area contributed by atoms with Crippen LogP contribution in [-0.4, -0.2) is 44.0 Å². The third-order valence-electron chi connectivity index (χ3n) is 4.13. The number of ether oxygens (including phenoxy) is 1. The van der Waals surface area contributed by atoms with E-state index in [4.69, 9.17) is 4.74 Å². The van der Waals surface area contributed by atoms with Crippen LogP contribution in [0.4, 0.5) is 5.69 Å². The Morgan fingerprint density at radius 1 is 1.00 bits per heavy atom. The van der Waals surface area contributed by atoms with Gasteiger partial charge in [0.25, 0.3) is 0 Å². The van der Waals surface area contributed by atoms with Gasteiger partial charge in [-0.1, -0.05) is 36.4 Å². The van der Waals surface area contributed by atoms with Crippen molar-refractivity contribution in [3.63, 3.8) is 0 Å². The van der Waals surface area contributed by atoms with E-state index in [1.807, 2.05) is 54.6 Å². The second-order valence-corrected chi connectivity index (χ2v) is 5.79. The number of hydrogen-bond donors (Lipinski definition) is 0. The van der Waals surface area contributed by atoms with Gasteiger partial charge in [0.15, 0.2) is 0 Å². The zero-order valence-corrected chi connectivity index (χ0v) is 14.9. The van der Waals surface area contributed by atoms with Gasteiger partial charge in [0.2, 0.25) is 11.8 Å². The molecule has 0 aliphatic rings. The highest BCUT2D eigenvalue weighted by molar-refractivity contribution is 5.96. The van der Waals surface area contributed by atoms with Gasteiger partial charge in [0.1, 0.15) is 12.3 Å². The largest absolute Gasteiger partial charge is 0.496 e. The molecule has 0 saturated carbocycles. The van der Waals surface area contributed by atoms with E-state index in [0.29, 0.717) is 13.0 Å². The van der Waals surface area contributed by atoms with Crippen molar-refractivity contribution in [3.05, 3.63) is 60.2 Å². The van der Waals surface area contributed by atoms with Crippen molar-refractivity contribution in [2.24, 2.45) is 0 Å². The number of likely N-dealkylation sites (N-methyl/N-ethyl adjacent to an activating group) is 1. The first-order chi connectivity index (χ1) is 12.0. The minimum atomic E-state index is -0.124. The second-order valence-electron chi connectivity index (χ2n) is 5.79. The number of hydrogen-bond acceptors (Lipinski definition) is 3. The molecule has 0 heterocycles. The Balaban J connectivity index is 2.01. The predicted octanol–water partition coefficient (Wildman–Crippen LogP) is 2.75. The highest BCUT2D eigenvalue weighted by atomic mass is 16.5. The van der Waals surface area contributed by atoms with E-state index in [-0.39, 0.29) is 18.4 Å². The molecule has 25 heavy (non-hydrogen) atoms. The fraction of sp³-hybridized carbons (Fsp3) is 0.300. The lowest BCUT2D eigenvalue weighted by Gasteiger charge is -2.24. The fourth-order valence-electron chi connectivity index (χ4n) is 2.58. The fourth-order valence-corrected chi connectivity index (χ4v) is 2.58. The topological polar surface area (TPSA) is 49.9 Å². The molecule has 0 aliphatic carbocycles. The van der Waals surface area contributed by atoms with Crippen LogP contribution in [0.3, 0.4) is 0 Å². The molecule has 2 rings (SSSR count). The van der Waals surface area contributed by atoms with Gasteiger partial charge in [-0.25, -0.2) is 0 Å². The number of methoxy groups -OCH3 is 1. The van der Waals surface area contributed by atoms with Crippen LogP contribution in [0.15, 0.2) is 54.6 Å². The number of benzene rings is 2. The maximum atomic E-state index is 12.5. The molecule has 0 fully saturated rings. The molecule has 2 aromatic carbocycles. The average Bonchev–Trinajstić information content (AvgIpc) is 2.64. The Labute approximate surface area is 148 Å².